The maximum Gasteiger partial charge on any atom is 0.411 e. The summed E-state index contributed by atoms with van der Waals surface area (Å²) < 4.78 is 78.4. The zero-order valence-electron chi connectivity index (χ0n) is 12.0. The molecule has 0 saturated carbocycles. The number of ether oxygens (including phenoxy) is 1. The third-order valence-electron chi connectivity index (χ3n) is 2.96. The van der Waals surface area contributed by atoms with Gasteiger partial charge in [0.1, 0.15) is 19.3 Å². The number of rotatable bonds is 6. The molecule has 23 heavy (non-hydrogen) atoms. The predicted molar refractivity (Wildman–Crippen MR) is 71.4 cm³/mol. The molecule has 12 heteroatoms. The van der Waals surface area contributed by atoms with Crippen LogP contribution in [0.4, 0.5) is 26.3 Å². The van der Waals surface area contributed by atoms with Gasteiger partial charge in [0, 0.05) is 32.7 Å². The molecule has 0 radical (unpaired) electrons. The molecule has 1 fully saturated rings. The molecule has 0 bridgehead atoms. The van der Waals surface area contributed by atoms with Crippen LogP contribution >= 0.6 is 12.4 Å². The van der Waals surface area contributed by atoms with Crippen molar-refractivity contribution < 1.29 is 35.9 Å². The van der Waals surface area contributed by atoms with Gasteiger partial charge in [-0.05, 0) is 0 Å². The minimum absolute atomic E-state index is 0. The van der Waals surface area contributed by atoms with Gasteiger partial charge in [-0.3, -0.25) is 9.69 Å². The van der Waals surface area contributed by atoms with Crippen molar-refractivity contribution in [3.05, 3.63) is 0 Å². The maximum atomic E-state index is 13.0. The van der Waals surface area contributed by atoms with Gasteiger partial charge in [-0.1, -0.05) is 0 Å². The zero-order valence-corrected chi connectivity index (χ0v) is 12.8. The fourth-order valence-corrected chi connectivity index (χ4v) is 1.97. The van der Waals surface area contributed by atoms with E-state index in [9.17, 15) is 31.1 Å². The SMILES string of the molecule is Cl.O=C(COCC(F)(F)F)NCC(N1CCNCC1)C(F)(F)F. The van der Waals surface area contributed by atoms with Crippen LogP contribution in [-0.4, -0.2) is 75.1 Å². The van der Waals surface area contributed by atoms with Gasteiger partial charge in [-0.2, -0.15) is 26.3 Å². The molecule has 0 aromatic carbocycles. The summed E-state index contributed by atoms with van der Waals surface area (Å²) in [5, 5.41) is 4.86. The Morgan fingerprint density at radius 2 is 1.74 bits per heavy atom. The second-order valence-corrected chi connectivity index (χ2v) is 4.76. The third kappa shape index (κ3) is 9.18. The molecule has 2 N–H and O–H groups in total. The molecule has 1 aliphatic heterocycles. The molecule has 5 nitrogen and oxygen atoms in total. The molecule has 1 aliphatic rings. The van der Waals surface area contributed by atoms with Crippen LogP contribution in [0.15, 0.2) is 0 Å². The number of carbonyl (C=O) groups is 1. The van der Waals surface area contributed by atoms with Gasteiger partial charge in [-0.15, -0.1) is 12.4 Å². The quantitative estimate of drug-likeness (QED) is 0.681. The molecule has 138 valence electrons. The van der Waals surface area contributed by atoms with Gasteiger partial charge < -0.3 is 15.4 Å². The third-order valence-corrected chi connectivity index (χ3v) is 2.96. The van der Waals surface area contributed by atoms with Crippen molar-refractivity contribution in [2.45, 2.75) is 18.4 Å². The Hall–Kier alpha value is -0.780. The minimum atomic E-state index is -4.59. The maximum absolute atomic E-state index is 13.0. The second-order valence-electron chi connectivity index (χ2n) is 4.76. The number of halogens is 7. The zero-order chi connectivity index (χ0) is 16.8. The number of piperazine rings is 1. The van der Waals surface area contributed by atoms with Crippen molar-refractivity contribution >= 4 is 18.3 Å². The van der Waals surface area contributed by atoms with Crippen LogP contribution in [0.25, 0.3) is 0 Å². The first-order chi connectivity index (χ1) is 10.1. The summed E-state index contributed by atoms with van der Waals surface area (Å²) in [5.74, 6) is -1.02. The summed E-state index contributed by atoms with van der Waals surface area (Å²) in [6, 6.07) is -1.87. The summed E-state index contributed by atoms with van der Waals surface area (Å²) in [6.45, 7) is -2.15. The smallest absolute Gasteiger partial charge is 0.362 e. The Bertz CT molecular complexity index is 361. The van der Waals surface area contributed by atoms with Gasteiger partial charge in [0.05, 0.1) is 0 Å². The van der Waals surface area contributed by atoms with Crippen LogP contribution in [0.2, 0.25) is 0 Å². The number of alkyl halides is 6. The summed E-state index contributed by atoms with van der Waals surface area (Å²) in [4.78, 5) is 12.4. The molecule has 1 atom stereocenters. The van der Waals surface area contributed by atoms with Gasteiger partial charge in [0.15, 0.2) is 0 Å². The Labute approximate surface area is 135 Å². The number of hydrogen-bond donors (Lipinski definition) is 2. The molecule has 0 aliphatic carbocycles. The topological polar surface area (TPSA) is 53.6 Å². The molecular formula is C11H18ClF6N3O2. The van der Waals surface area contributed by atoms with E-state index in [2.05, 4.69) is 10.1 Å². The molecule has 1 amide bonds. The van der Waals surface area contributed by atoms with Crippen molar-refractivity contribution in [1.82, 2.24) is 15.5 Å². The average Bonchev–Trinajstić information content (AvgIpc) is 2.37. The van der Waals surface area contributed by atoms with Crippen LogP contribution in [0.3, 0.4) is 0 Å². The molecule has 1 rings (SSSR count). The predicted octanol–water partition coefficient (Wildman–Crippen LogP) is 0.939. The largest absolute Gasteiger partial charge is 0.411 e. The van der Waals surface area contributed by atoms with E-state index in [1.165, 1.54) is 4.90 Å². The van der Waals surface area contributed by atoms with Crippen LogP contribution in [-0.2, 0) is 9.53 Å². The van der Waals surface area contributed by atoms with Crippen molar-refractivity contribution in [1.29, 1.82) is 0 Å². The molecule has 1 unspecified atom stereocenters. The van der Waals surface area contributed by atoms with Crippen molar-refractivity contribution in [2.75, 3.05) is 45.9 Å². The standard InChI is InChI=1S/C11H17F6N3O2.ClH/c12-10(13,14)7-22-6-9(21)19-5-8(11(15,16)17)20-3-1-18-2-4-20;/h8,18H,1-7H2,(H,19,21);1H. The molecule has 0 aromatic heterocycles. The number of amides is 1. The first-order valence-corrected chi connectivity index (χ1v) is 6.52. The highest BCUT2D eigenvalue weighted by atomic mass is 35.5. The van der Waals surface area contributed by atoms with Crippen molar-refractivity contribution in [3.63, 3.8) is 0 Å². The van der Waals surface area contributed by atoms with E-state index < -0.39 is 44.1 Å². The lowest BCUT2D eigenvalue weighted by Gasteiger charge is -2.35. The first kappa shape index (κ1) is 22.2. The van der Waals surface area contributed by atoms with Crippen molar-refractivity contribution in [2.24, 2.45) is 0 Å². The van der Waals surface area contributed by atoms with Crippen LogP contribution < -0.4 is 10.6 Å². The molecule has 0 spiro atoms. The highest BCUT2D eigenvalue weighted by Crippen LogP contribution is 2.24. The summed E-state index contributed by atoms with van der Waals surface area (Å²) in [6.07, 6.45) is -9.13. The van der Waals surface area contributed by atoms with Gasteiger partial charge in [-0.25, -0.2) is 0 Å². The summed E-state index contributed by atoms with van der Waals surface area (Å²) in [5.41, 5.74) is 0. The van der Waals surface area contributed by atoms with E-state index in [0.29, 0.717) is 13.1 Å². The van der Waals surface area contributed by atoms with E-state index in [1.54, 1.807) is 0 Å². The fourth-order valence-electron chi connectivity index (χ4n) is 1.97. The average molecular weight is 374 g/mol. The lowest BCUT2D eigenvalue weighted by molar-refractivity contribution is -0.184. The highest BCUT2D eigenvalue weighted by molar-refractivity contribution is 5.85. The van der Waals surface area contributed by atoms with Gasteiger partial charge in [0.25, 0.3) is 0 Å². The summed E-state index contributed by atoms with van der Waals surface area (Å²) in [7, 11) is 0. The molecular weight excluding hydrogens is 356 g/mol. The Balaban J connectivity index is 0.00000484. The van der Waals surface area contributed by atoms with E-state index in [-0.39, 0.29) is 25.5 Å². The lowest BCUT2D eigenvalue weighted by atomic mass is 10.2. The molecule has 0 aromatic rings. The van der Waals surface area contributed by atoms with E-state index in [1.807, 2.05) is 5.32 Å². The van der Waals surface area contributed by atoms with Gasteiger partial charge in [0.2, 0.25) is 5.91 Å². The minimum Gasteiger partial charge on any atom is -0.362 e. The van der Waals surface area contributed by atoms with Crippen LogP contribution in [0.1, 0.15) is 0 Å². The van der Waals surface area contributed by atoms with Crippen LogP contribution in [0.5, 0.6) is 0 Å². The van der Waals surface area contributed by atoms with Crippen LogP contribution in [0, 0.1) is 0 Å². The number of hydrogen-bond acceptors (Lipinski definition) is 4. The van der Waals surface area contributed by atoms with Crippen molar-refractivity contribution in [3.8, 4) is 0 Å². The highest BCUT2D eigenvalue weighted by Gasteiger charge is 2.43. The fraction of sp³-hybridized carbons (Fsp3) is 0.909. The normalized spacial score (nSPS) is 18.2. The van der Waals surface area contributed by atoms with E-state index in [0.717, 1.165) is 0 Å². The molecule has 1 saturated heterocycles. The first-order valence-electron chi connectivity index (χ1n) is 6.52. The Morgan fingerprint density at radius 3 is 2.22 bits per heavy atom. The molecule has 1 heterocycles. The summed E-state index contributed by atoms with van der Waals surface area (Å²) >= 11 is 0. The Kier molecular flexibility index (Phi) is 9.18. The number of carbonyl (C=O) groups excluding carboxylic acids is 1. The lowest BCUT2D eigenvalue weighted by Crippen LogP contribution is -2.57. The van der Waals surface area contributed by atoms with E-state index in [4.69, 9.17) is 0 Å². The van der Waals surface area contributed by atoms with Gasteiger partial charge >= 0.3 is 12.4 Å². The number of nitrogens with zero attached hydrogens (tertiary/aromatic N) is 1. The van der Waals surface area contributed by atoms with E-state index >= 15 is 0 Å². The second kappa shape index (κ2) is 9.50. The Morgan fingerprint density at radius 1 is 1.17 bits per heavy atom. The number of nitrogens with one attached hydrogen (secondary N) is 2. The monoisotopic (exact) mass is 373 g/mol.